The van der Waals surface area contributed by atoms with E-state index in [1.807, 2.05) is 109 Å². The van der Waals surface area contributed by atoms with Crippen LogP contribution in [0.1, 0.15) is 39.0 Å². The molecule has 4 unspecified atom stereocenters. The van der Waals surface area contributed by atoms with E-state index >= 15 is 0 Å². The van der Waals surface area contributed by atoms with Crippen LogP contribution in [-0.2, 0) is 16.0 Å². The average molecular weight is 529 g/mol. The molecule has 0 aromatic heterocycles. The molecule has 5 rings (SSSR count). The maximum atomic E-state index is 14.4. The molecule has 1 N–H and O–H groups in total. The Hall–Kier alpha value is -4.77. The summed E-state index contributed by atoms with van der Waals surface area (Å²) in [6.45, 7) is 4.00. The van der Waals surface area contributed by atoms with E-state index < -0.39 is 23.9 Å². The molecule has 0 spiro atoms. The van der Waals surface area contributed by atoms with E-state index in [0.717, 1.165) is 16.7 Å². The van der Waals surface area contributed by atoms with Gasteiger partial charge in [0, 0.05) is 18.0 Å². The molecule has 1 fully saturated rings. The highest BCUT2D eigenvalue weighted by Crippen LogP contribution is 2.51. The monoisotopic (exact) mass is 528 g/mol. The zero-order valence-corrected chi connectivity index (χ0v) is 22.2. The van der Waals surface area contributed by atoms with Crippen molar-refractivity contribution in [3.8, 4) is 0 Å². The Morgan fingerprint density at radius 1 is 0.725 bits per heavy atom. The fourth-order valence-corrected chi connectivity index (χ4v) is 5.84. The maximum Gasteiger partial charge on any atom is 0.243 e. The third-order valence-corrected chi connectivity index (χ3v) is 7.53. The molecule has 1 aliphatic heterocycles. The molecule has 4 aromatic carbocycles. The number of carbonyl (C=O) groups is 3. The molecule has 0 bridgehead atoms. The smallest absolute Gasteiger partial charge is 0.243 e. The minimum Gasteiger partial charge on any atom is -0.351 e. The van der Waals surface area contributed by atoms with Gasteiger partial charge in [0.2, 0.25) is 11.8 Å². The van der Waals surface area contributed by atoms with E-state index in [2.05, 4.69) is 11.9 Å². The fraction of sp³-hybridized carbons (Fsp3) is 0.171. The number of rotatable bonds is 9. The molecule has 200 valence electrons. The summed E-state index contributed by atoms with van der Waals surface area (Å²) in [4.78, 5) is 44.4. The first-order valence-corrected chi connectivity index (χ1v) is 13.5. The summed E-state index contributed by atoms with van der Waals surface area (Å²) >= 11 is 0. The molecule has 5 heteroatoms. The van der Waals surface area contributed by atoms with Gasteiger partial charge in [-0.25, -0.2) is 0 Å². The predicted octanol–water partition coefficient (Wildman–Crippen LogP) is 5.77. The first-order chi connectivity index (χ1) is 19.6. The number of ketones is 1. The summed E-state index contributed by atoms with van der Waals surface area (Å²) in [7, 11) is 0. The summed E-state index contributed by atoms with van der Waals surface area (Å²) in [5.41, 5.74) is 3.06. The van der Waals surface area contributed by atoms with Crippen LogP contribution < -0.4 is 5.32 Å². The maximum absolute atomic E-state index is 14.4. The summed E-state index contributed by atoms with van der Waals surface area (Å²) in [5, 5.41) is 2.93. The second kappa shape index (κ2) is 12.4. The van der Waals surface area contributed by atoms with E-state index in [-0.39, 0.29) is 30.6 Å². The molecular formula is C35H32N2O3. The standard InChI is InChI=1S/C35H32N2O3/c1-2-23-36-35(40)33-30(26-17-9-4-10-18-26)31(34(39)28-21-13-6-14-22-28)32(27-19-11-5-12-20-27)37(33)29(38)24-25-15-7-3-8-16-25/h2-22,30-33H,1,23-24H2,(H,36,40). The number of hydrogen-bond acceptors (Lipinski definition) is 3. The van der Waals surface area contributed by atoms with Crippen molar-refractivity contribution in [3.63, 3.8) is 0 Å². The minimum absolute atomic E-state index is 0.0974. The number of nitrogens with one attached hydrogen (secondary N) is 1. The Kier molecular flexibility index (Phi) is 8.31. The van der Waals surface area contributed by atoms with Crippen molar-refractivity contribution >= 4 is 17.6 Å². The first kappa shape index (κ1) is 26.8. The Morgan fingerprint density at radius 2 is 1.25 bits per heavy atom. The third-order valence-electron chi connectivity index (χ3n) is 7.53. The van der Waals surface area contributed by atoms with Gasteiger partial charge < -0.3 is 10.2 Å². The molecule has 5 nitrogen and oxygen atoms in total. The zero-order valence-electron chi connectivity index (χ0n) is 22.2. The van der Waals surface area contributed by atoms with Crippen LogP contribution in [0.3, 0.4) is 0 Å². The van der Waals surface area contributed by atoms with Crippen LogP contribution in [0.4, 0.5) is 0 Å². The predicted molar refractivity (Wildman–Crippen MR) is 157 cm³/mol. The van der Waals surface area contributed by atoms with Crippen LogP contribution in [-0.4, -0.2) is 35.1 Å². The van der Waals surface area contributed by atoms with Crippen LogP contribution >= 0.6 is 0 Å². The largest absolute Gasteiger partial charge is 0.351 e. The van der Waals surface area contributed by atoms with Crippen LogP contribution in [0.2, 0.25) is 0 Å². The molecule has 1 aliphatic rings. The van der Waals surface area contributed by atoms with Crippen molar-refractivity contribution < 1.29 is 14.4 Å². The quantitative estimate of drug-likeness (QED) is 0.222. The van der Waals surface area contributed by atoms with Gasteiger partial charge in [0.25, 0.3) is 0 Å². The van der Waals surface area contributed by atoms with E-state index in [1.165, 1.54) is 0 Å². The van der Waals surface area contributed by atoms with Crippen molar-refractivity contribution in [2.45, 2.75) is 24.4 Å². The van der Waals surface area contributed by atoms with E-state index in [1.54, 1.807) is 23.1 Å². The Labute approximate surface area is 235 Å². The SMILES string of the molecule is C=CCNC(=O)C1C(c2ccccc2)C(C(=O)c2ccccc2)C(c2ccccc2)N1C(=O)Cc1ccccc1. The van der Waals surface area contributed by atoms with Gasteiger partial charge in [-0.1, -0.05) is 127 Å². The highest BCUT2D eigenvalue weighted by atomic mass is 16.2. The second-order valence-electron chi connectivity index (χ2n) is 9.99. The minimum atomic E-state index is -0.901. The number of hydrogen-bond donors (Lipinski definition) is 1. The van der Waals surface area contributed by atoms with Gasteiger partial charge in [-0.15, -0.1) is 6.58 Å². The molecule has 2 amide bonds. The lowest BCUT2D eigenvalue weighted by Gasteiger charge is -2.32. The zero-order chi connectivity index (χ0) is 27.9. The molecule has 0 saturated carbocycles. The summed E-state index contributed by atoms with van der Waals surface area (Å²) < 4.78 is 0. The molecule has 4 aromatic rings. The number of amides is 2. The topological polar surface area (TPSA) is 66.5 Å². The van der Waals surface area contributed by atoms with Gasteiger partial charge in [0.1, 0.15) is 6.04 Å². The van der Waals surface area contributed by atoms with Crippen LogP contribution in [0.5, 0.6) is 0 Å². The number of Topliss-reactive ketones (excluding diaryl/α,β-unsaturated/α-hetero) is 1. The van der Waals surface area contributed by atoms with E-state index in [4.69, 9.17) is 0 Å². The lowest BCUT2D eigenvalue weighted by Crippen LogP contribution is -2.49. The highest BCUT2D eigenvalue weighted by Gasteiger charge is 2.57. The van der Waals surface area contributed by atoms with Gasteiger partial charge in [-0.05, 0) is 16.7 Å². The van der Waals surface area contributed by atoms with Crippen LogP contribution in [0, 0.1) is 5.92 Å². The molecule has 0 radical (unpaired) electrons. The van der Waals surface area contributed by atoms with Gasteiger partial charge in [-0.3, -0.25) is 14.4 Å². The van der Waals surface area contributed by atoms with Crippen molar-refractivity contribution in [3.05, 3.63) is 156 Å². The van der Waals surface area contributed by atoms with Gasteiger partial charge in [-0.2, -0.15) is 0 Å². The third kappa shape index (κ3) is 5.50. The Bertz CT molecular complexity index is 1460. The lowest BCUT2D eigenvalue weighted by molar-refractivity contribution is -0.140. The molecule has 1 heterocycles. The van der Waals surface area contributed by atoms with E-state index in [0.29, 0.717) is 5.56 Å². The van der Waals surface area contributed by atoms with Crippen LogP contribution in [0.15, 0.2) is 134 Å². The highest BCUT2D eigenvalue weighted by molar-refractivity contribution is 6.02. The van der Waals surface area contributed by atoms with Crippen molar-refractivity contribution in [2.24, 2.45) is 5.92 Å². The molecular weight excluding hydrogens is 496 g/mol. The summed E-state index contributed by atoms with van der Waals surface area (Å²) in [5.74, 6) is -1.86. The van der Waals surface area contributed by atoms with Crippen molar-refractivity contribution in [2.75, 3.05) is 6.54 Å². The van der Waals surface area contributed by atoms with E-state index in [9.17, 15) is 14.4 Å². The summed E-state index contributed by atoms with van der Waals surface area (Å²) in [6.07, 6.45) is 1.73. The number of benzene rings is 4. The van der Waals surface area contributed by atoms with Gasteiger partial charge in [0.05, 0.1) is 18.4 Å². The van der Waals surface area contributed by atoms with Crippen LogP contribution in [0.25, 0.3) is 0 Å². The first-order valence-electron chi connectivity index (χ1n) is 13.5. The van der Waals surface area contributed by atoms with Crippen molar-refractivity contribution in [1.82, 2.24) is 10.2 Å². The molecule has 1 saturated heterocycles. The summed E-state index contributed by atoms with van der Waals surface area (Å²) in [6, 6.07) is 36.3. The van der Waals surface area contributed by atoms with Gasteiger partial charge >= 0.3 is 0 Å². The number of nitrogens with zero attached hydrogens (tertiary/aromatic N) is 1. The molecule has 4 atom stereocenters. The van der Waals surface area contributed by atoms with Crippen molar-refractivity contribution in [1.29, 1.82) is 0 Å². The molecule has 40 heavy (non-hydrogen) atoms. The molecule has 0 aliphatic carbocycles. The lowest BCUT2D eigenvalue weighted by atomic mass is 9.76. The Morgan fingerprint density at radius 3 is 1.82 bits per heavy atom. The Balaban J connectivity index is 1.72. The van der Waals surface area contributed by atoms with Gasteiger partial charge in [0.15, 0.2) is 5.78 Å². The fourth-order valence-electron chi connectivity index (χ4n) is 5.84. The average Bonchev–Trinajstić information content (AvgIpc) is 3.38. The number of likely N-dealkylation sites (tertiary alicyclic amines) is 1. The normalized spacial score (nSPS) is 20.1. The second-order valence-corrected chi connectivity index (χ2v) is 9.99. The number of carbonyl (C=O) groups excluding carboxylic acids is 3.